The first-order valence-corrected chi connectivity index (χ1v) is 9.69. The summed E-state index contributed by atoms with van der Waals surface area (Å²) in [6, 6.07) is 17.9. The van der Waals surface area contributed by atoms with Gasteiger partial charge in [0.1, 0.15) is 11.3 Å². The maximum Gasteiger partial charge on any atom is 0.257 e. The molecule has 7 heteroatoms. The number of aromatic nitrogens is 1. The number of phenols is 1. The zero-order valence-electron chi connectivity index (χ0n) is 16.4. The lowest BCUT2D eigenvalue weighted by Gasteiger charge is -2.11. The van der Waals surface area contributed by atoms with Crippen LogP contribution in [0, 0.1) is 13.8 Å². The van der Waals surface area contributed by atoms with Crippen molar-refractivity contribution < 1.29 is 14.3 Å². The van der Waals surface area contributed by atoms with E-state index in [1.807, 2.05) is 44.2 Å². The van der Waals surface area contributed by atoms with Crippen molar-refractivity contribution >= 4 is 40.0 Å². The Balaban J connectivity index is 1.47. The predicted octanol–water partition coefficient (Wildman–Crippen LogP) is 4.94. The summed E-state index contributed by atoms with van der Waals surface area (Å²) < 4.78 is 5.70. The molecule has 4 aromatic rings. The molecule has 30 heavy (non-hydrogen) atoms. The molecule has 0 aliphatic rings. The van der Waals surface area contributed by atoms with Gasteiger partial charge >= 0.3 is 0 Å². The molecule has 0 radical (unpaired) electrons. The lowest BCUT2D eigenvalue weighted by molar-refractivity contribution is 0.0977. The highest BCUT2D eigenvalue weighted by atomic mass is 32.1. The average molecular weight is 417 g/mol. The third-order valence-corrected chi connectivity index (χ3v) is 4.69. The summed E-state index contributed by atoms with van der Waals surface area (Å²) in [7, 11) is 0. The van der Waals surface area contributed by atoms with Crippen LogP contribution in [0.5, 0.6) is 5.75 Å². The Kier molecular flexibility index (Phi) is 5.20. The molecule has 0 saturated carbocycles. The van der Waals surface area contributed by atoms with Gasteiger partial charge in [-0.1, -0.05) is 29.3 Å². The fraction of sp³-hybridized carbons (Fsp3) is 0.0870. The Bertz CT molecular complexity index is 1230. The van der Waals surface area contributed by atoms with E-state index in [9.17, 15) is 9.90 Å². The molecular weight excluding hydrogens is 398 g/mol. The molecule has 0 unspecified atom stereocenters. The molecule has 3 aromatic carbocycles. The van der Waals surface area contributed by atoms with Crippen molar-refractivity contribution in [3.8, 4) is 17.2 Å². The van der Waals surface area contributed by atoms with Gasteiger partial charge in [0.15, 0.2) is 10.7 Å². The van der Waals surface area contributed by atoms with Gasteiger partial charge in [0.2, 0.25) is 5.89 Å². The highest BCUT2D eigenvalue weighted by Gasteiger charge is 2.14. The number of hydrogen-bond donors (Lipinski definition) is 3. The number of aromatic hydroxyl groups is 1. The van der Waals surface area contributed by atoms with Gasteiger partial charge in [-0.2, -0.15) is 0 Å². The quantitative estimate of drug-likeness (QED) is 0.409. The molecule has 0 spiro atoms. The first-order valence-electron chi connectivity index (χ1n) is 9.28. The molecule has 1 heterocycles. The zero-order valence-corrected chi connectivity index (χ0v) is 17.2. The highest BCUT2D eigenvalue weighted by Crippen LogP contribution is 2.33. The Morgan fingerprint density at radius 3 is 2.47 bits per heavy atom. The van der Waals surface area contributed by atoms with E-state index in [4.69, 9.17) is 16.6 Å². The minimum atomic E-state index is -0.299. The summed E-state index contributed by atoms with van der Waals surface area (Å²) in [6.45, 7) is 3.86. The van der Waals surface area contributed by atoms with Gasteiger partial charge in [-0.15, -0.1) is 0 Å². The van der Waals surface area contributed by atoms with Crippen LogP contribution in [0.2, 0.25) is 0 Å². The molecular formula is C23H19N3O3S. The standard InChI is InChI=1S/C23H19N3O3S/c1-13-9-14(2)11-15(10-13)21(28)26-23(30)24-16-7-8-17(19(27)12-16)22-25-18-5-3-4-6-20(18)29-22/h3-12,27H,1-2H3,(H2,24,26,28,30). The highest BCUT2D eigenvalue weighted by molar-refractivity contribution is 7.80. The molecule has 6 nitrogen and oxygen atoms in total. The normalized spacial score (nSPS) is 10.7. The maximum absolute atomic E-state index is 12.4. The number of carbonyl (C=O) groups excluding carboxylic acids is 1. The van der Waals surface area contributed by atoms with Gasteiger partial charge < -0.3 is 14.8 Å². The predicted molar refractivity (Wildman–Crippen MR) is 121 cm³/mol. The van der Waals surface area contributed by atoms with Crippen molar-refractivity contribution in [2.75, 3.05) is 5.32 Å². The first-order chi connectivity index (χ1) is 14.4. The molecule has 3 N–H and O–H groups in total. The lowest BCUT2D eigenvalue weighted by atomic mass is 10.1. The van der Waals surface area contributed by atoms with E-state index in [1.54, 1.807) is 24.3 Å². The van der Waals surface area contributed by atoms with E-state index < -0.39 is 0 Å². The van der Waals surface area contributed by atoms with Gasteiger partial charge in [0, 0.05) is 17.3 Å². The first kappa shape index (κ1) is 19.6. The maximum atomic E-state index is 12.4. The molecule has 1 amide bonds. The molecule has 150 valence electrons. The minimum Gasteiger partial charge on any atom is -0.507 e. The van der Waals surface area contributed by atoms with Crippen LogP contribution in [0.15, 0.2) is 65.1 Å². The van der Waals surface area contributed by atoms with E-state index in [0.29, 0.717) is 33.8 Å². The van der Waals surface area contributed by atoms with Gasteiger partial charge in [-0.3, -0.25) is 10.1 Å². The van der Waals surface area contributed by atoms with Crippen LogP contribution in [0.1, 0.15) is 21.5 Å². The van der Waals surface area contributed by atoms with Gasteiger partial charge in [0.25, 0.3) is 5.91 Å². The molecule has 0 aliphatic carbocycles. The molecule has 0 fully saturated rings. The molecule has 1 aromatic heterocycles. The number of benzene rings is 3. The summed E-state index contributed by atoms with van der Waals surface area (Å²) in [5.41, 5.74) is 4.87. The average Bonchev–Trinajstić information content (AvgIpc) is 3.11. The second kappa shape index (κ2) is 7.96. The van der Waals surface area contributed by atoms with Crippen LogP contribution in [0.25, 0.3) is 22.6 Å². The largest absolute Gasteiger partial charge is 0.507 e. The number of amides is 1. The Labute approximate surface area is 178 Å². The van der Waals surface area contributed by atoms with Crippen LogP contribution in [0.3, 0.4) is 0 Å². The zero-order chi connectivity index (χ0) is 21.3. The van der Waals surface area contributed by atoms with E-state index in [0.717, 1.165) is 11.1 Å². The van der Waals surface area contributed by atoms with E-state index in [-0.39, 0.29) is 16.8 Å². The second-order valence-corrected chi connectivity index (χ2v) is 7.41. The summed E-state index contributed by atoms with van der Waals surface area (Å²) in [5, 5.41) is 16.1. The number of phenolic OH excluding ortho intramolecular Hbond substituents is 1. The van der Waals surface area contributed by atoms with Crippen LogP contribution in [-0.4, -0.2) is 21.1 Å². The molecule has 0 saturated heterocycles. The van der Waals surface area contributed by atoms with Crippen molar-refractivity contribution in [3.05, 3.63) is 77.4 Å². The van der Waals surface area contributed by atoms with E-state index >= 15 is 0 Å². The monoisotopic (exact) mass is 417 g/mol. The fourth-order valence-electron chi connectivity index (χ4n) is 3.22. The molecule has 0 aliphatic heterocycles. The number of nitrogens with one attached hydrogen (secondary N) is 2. The SMILES string of the molecule is Cc1cc(C)cc(C(=O)NC(=S)Nc2ccc(-c3nc4ccccc4o3)c(O)c2)c1. The van der Waals surface area contributed by atoms with E-state index in [1.165, 1.54) is 6.07 Å². The summed E-state index contributed by atoms with van der Waals surface area (Å²) >= 11 is 5.24. The topological polar surface area (TPSA) is 87.4 Å². The number of carbonyl (C=O) groups is 1. The molecule has 4 rings (SSSR count). The van der Waals surface area contributed by atoms with Crippen LogP contribution < -0.4 is 10.6 Å². The lowest BCUT2D eigenvalue weighted by Crippen LogP contribution is -2.34. The number of anilines is 1. The summed E-state index contributed by atoms with van der Waals surface area (Å²) in [4.78, 5) is 16.8. The third kappa shape index (κ3) is 4.16. The fourth-order valence-corrected chi connectivity index (χ4v) is 3.43. The number of para-hydroxylation sites is 2. The summed E-state index contributed by atoms with van der Waals surface area (Å²) in [6.07, 6.45) is 0. The Morgan fingerprint density at radius 2 is 1.77 bits per heavy atom. The van der Waals surface area contributed by atoms with Crippen LogP contribution >= 0.6 is 12.2 Å². The van der Waals surface area contributed by atoms with Crippen molar-refractivity contribution in [2.45, 2.75) is 13.8 Å². The number of oxazole rings is 1. The van der Waals surface area contributed by atoms with Crippen LogP contribution in [0.4, 0.5) is 5.69 Å². The van der Waals surface area contributed by atoms with Crippen molar-refractivity contribution in [3.63, 3.8) is 0 Å². The Morgan fingerprint density at radius 1 is 1.03 bits per heavy atom. The number of rotatable bonds is 3. The van der Waals surface area contributed by atoms with Gasteiger partial charge in [-0.05, 0) is 62.5 Å². The third-order valence-electron chi connectivity index (χ3n) is 4.49. The van der Waals surface area contributed by atoms with Crippen molar-refractivity contribution in [1.29, 1.82) is 0 Å². The van der Waals surface area contributed by atoms with Crippen LogP contribution in [-0.2, 0) is 0 Å². The van der Waals surface area contributed by atoms with Crippen molar-refractivity contribution in [2.24, 2.45) is 0 Å². The van der Waals surface area contributed by atoms with Crippen molar-refractivity contribution in [1.82, 2.24) is 10.3 Å². The second-order valence-electron chi connectivity index (χ2n) is 7.00. The van der Waals surface area contributed by atoms with Gasteiger partial charge in [-0.25, -0.2) is 4.98 Å². The smallest absolute Gasteiger partial charge is 0.257 e. The minimum absolute atomic E-state index is 0.0185. The number of hydrogen-bond acceptors (Lipinski definition) is 5. The van der Waals surface area contributed by atoms with E-state index in [2.05, 4.69) is 15.6 Å². The number of fused-ring (bicyclic) bond motifs is 1. The van der Waals surface area contributed by atoms with Gasteiger partial charge in [0.05, 0.1) is 5.56 Å². The summed E-state index contributed by atoms with van der Waals surface area (Å²) in [5.74, 6) is 0.00700. The Hall–Kier alpha value is -3.71. The molecule has 0 atom stereocenters. The molecule has 0 bridgehead atoms. The number of aryl methyl sites for hydroxylation is 2. The number of thiocarbonyl (C=S) groups is 1. The number of nitrogens with zero attached hydrogens (tertiary/aromatic N) is 1.